The standard InChI is InChI=1S/C19H22FNO3/c1-13(2)24-12-14-5-3-8-17(9-14)21-19(23)11-18(22)15-6-4-7-16(20)10-15/h3-10,13,18,22H,11-12H2,1-2H3,(H,21,23). The third-order valence-electron chi connectivity index (χ3n) is 3.41. The van der Waals surface area contributed by atoms with Crippen molar-refractivity contribution in [1.29, 1.82) is 0 Å². The predicted octanol–water partition coefficient (Wildman–Crippen LogP) is 3.81. The van der Waals surface area contributed by atoms with E-state index in [0.29, 0.717) is 17.9 Å². The highest BCUT2D eigenvalue weighted by molar-refractivity contribution is 5.91. The monoisotopic (exact) mass is 331 g/mol. The Kier molecular flexibility index (Phi) is 6.46. The minimum atomic E-state index is -1.05. The molecule has 5 heteroatoms. The lowest BCUT2D eigenvalue weighted by Crippen LogP contribution is -2.15. The molecule has 0 aliphatic carbocycles. The number of aliphatic hydroxyl groups excluding tert-OH is 1. The van der Waals surface area contributed by atoms with E-state index in [2.05, 4.69) is 5.32 Å². The Hall–Kier alpha value is -2.24. The van der Waals surface area contributed by atoms with Crippen molar-refractivity contribution in [2.45, 2.75) is 39.1 Å². The van der Waals surface area contributed by atoms with Crippen molar-refractivity contribution in [2.75, 3.05) is 5.32 Å². The van der Waals surface area contributed by atoms with Crippen molar-refractivity contribution < 1.29 is 19.0 Å². The molecular weight excluding hydrogens is 309 g/mol. The number of nitrogens with one attached hydrogen (secondary N) is 1. The summed E-state index contributed by atoms with van der Waals surface area (Å²) >= 11 is 0. The number of carbonyl (C=O) groups excluding carboxylic acids is 1. The molecule has 24 heavy (non-hydrogen) atoms. The number of hydrogen-bond donors (Lipinski definition) is 2. The maximum absolute atomic E-state index is 13.2. The highest BCUT2D eigenvalue weighted by atomic mass is 19.1. The molecule has 2 rings (SSSR count). The number of amides is 1. The lowest BCUT2D eigenvalue weighted by Gasteiger charge is -2.12. The van der Waals surface area contributed by atoms with Gasteiger partial charge in [0.1, 0.15) is 5.82 Å². The van der Waals surface area contributed by atoms with Crippen LogP contribution < -0.4 is 5.32 Å². The third-order valence-corrected chi connectivity index (χ3v) is 3.41. The molecule has 0 spiro atoms. The number of aliphatic hydroxyl groups is 1. The summed E-state index contributed by atoms with van der Waals surface area (Å²) in [6.45, 7) is 4.38. The molecule has 0 aromatic heterocycles. The molecule has 0 bridgehead atoms. The quantitative estimate of drug-likeness (QED) is 0.811. The zero-order chi connectivity index (χ0) is 17.5. The molecule has 0 aliphatic rings. The van der Waals surface area contributed by atoms with Gasteiger partial charge in [-0.15, -0.1) is 0 Å². The second kappa shape index (κ2) is 8.57. The van der Waals surface area contributed by atoms with E-state index in [0.717, 1.165) is 5.56 Å². The molecule has 0 saturated heterocycles. The molecule has 2 N–H and O–H groups in total. The Labute approximate surface area is 141 Å². The van der Waals surface area contributed by atoms with Gasteiger partial charge < -0.3 is 15.2 Å². The Bertz CT molecular complexity index is 688. The summed E-state index contributed by atoms with van der Waals surface area (Å²) in [5.74, 6) is -0.779. The lowest BCUT2D eigenvalue weighted by atomic mass is 10.1. The first-order chi connectivity index (χ1) is 11.4. The van der Waals surface area contributed by atoms with E-state index >= 15 is 0 Å². The molecule has 0 fully saturated rings. The van der Waals surface area contributed by atoms with Crippen molar-refractivity contribution in [2.24, 2.45) is 0 Å². The summed E-state index contributed by atoms with van der Waals surface area (Å²) < 4.78 is 18.7. The average molecular weight is 331 g/mol. The zero-order valence-electron chi connectivity index (χ0n) is 13.8. The summed E-state index contributed by atoms with van der Waals surface area (Å²) in [4.78, 5) is 12.1. The van der Waals surface area contributed by atoms with E-state index < -0.39 is 11.9 Å². The summed E-state index contributed by atoms with van der Waals surface area (Å²) in [6.07, 6.45) is -1.06. The summed E-state index contributed by atoms with van der Waals surface area (Å²) in [5.41, 5.74) is 1.97. The molecule has 1 amide bonds. The molecular formula is C19H22FNO3. The average Bonchev–Trinajstić information content (AvgIpc) is 2.53. The third kappa shape index (κ3) is 5.76. The van der Waals surface area contributed by atoms with E-state index in [1.165, 1.54) is 18.2 Å². The van der Waals surface area contributed by atoms with E-state index in [-0.39, 0.29) is 18.4 Å². The van der Waals surface area contributed by atoms with Crippen molar-refractivity contribution in [1.82, 2.24) is 0 Å². The van der Waals surface area contributed by atoms with Crippen LogP contribution in [-0.4, -0.2) is 17.1 Å². The van der Waals surface area contributed by atoms with Gasteiger partial charge >= 0.3 is 0 Å². The van der Waals surface area contributed by atoms with E-state index in [1.807, 2.05) is 32.0 Å². The summed E-state index contributed by atoms with van der Waals surface area (Å²) in [7, 11) is 0. The van der Waals surface area contributed by atoms with Crippen molar-refractivity contribution >= 4 is 11.6 Å². The highest BCUT2D eigenvalue weighted by Crippen LogP contribution is 2.19. The fraction of sp³-hybridized carbons (Fsp3) is 0.316. The van der Waals surface area contributed by atoms with Crippen LogP contribution in [-0.2, 0) is 16.1 Å². The maximum Gasteiger partial charge on any atom is 0.227 e. The van der Waals surface area contributed by atoms with Gasteiger partial charge in [-0.05, 0) is 49.2 Å². The first-order valence-corrected chi connectivity index (χ1v) is 7.88. The number of hydrogen-bond acceptors (Lipinski definition) is 3. The molecule has 0 heterocycles. The number of halogens is 1. The molecule has 0 radical (unpaired) electrons. The number of ether oxygens (including phenoxy) is 1. The van der Waals surface area contributed by atoms with Gasteiger partial charge in [-0.25, -0.2) is 4.39 Å². The van der Waals surface area contributed by atoms with E-state index in [9.17, 15) is 14.3 Å². The van der Waals surface area contributed by atoms with E-state index in [4.69, 9.17) is 4.74 Å². The predicted molar refractivity (Wildman–Crippen MR) is 91.0 cm³/mol. The van der Waals surface area contributed by atoms with Crippen LogP contribution in [0.4, 0.5) is 10.1 Å². The molecule has 4 nitrogen and oxygen atoms in total. The van der Waals surface area contributed by atoms with Crippen LogP contribution in [0.3, 0.4) is 0 Å². The van der Waals surface area contributed by atoms with Gasteiger partial charge in [0.2, 0.25) is 5.91 Å². The second-order valence-corrected chi connectivity index (χ2v) is 5.88. The van der Waals surface area contributed by atoms with Crippen LogP contribution in [0, 0.1) is 5.82 Å². The van der Waals surface area contributed by atoms with Gasteiger partial charge in [0.05, 0.1) is 25.2 Å². The van der Waals surface area contributed by atoms with Crippen LogP contribution in [0.5, 0.6) is 0 Å². The van der Waals surface area contributed by atoms with Crippen LogP contribution in [0.1, 0.15) is 37.5 Å². The van der Waals surface area contributed by atoms with E-state index in [1.54, 1.807) is 12.1 Å². The van der Waals surface area contributed by atoms with Crippen molar-refractivity contribution in [3.8, 4) is 0 Å². The molecule has 128 valence electrons. The Morgan fingerprint density at radius 2 is 1.96 bits per heavy atom. The van der Waals surface area contributed by atoms with Crippen molar-refractivity contribution in [3.63, 3.8) is 0 Å². The zero-order valence-corrected chi connectivity index (χ0v) is 13.8. The van der Waals surface area contributed by atoms with Gasteiger partial charge in [0.25, 0.3) is 0 Å². The number of benzene rings is 2. The smallest absolute Gasteiger partial charge is 0.227 e. The van der Waals surface area contributed by atoms with Crippen LogP contribution in [0.15, 0.2) is 48.5 Å². The van der Waals surface area contributed by atoms with Gasteiger partial charge in [0.15, 0.2) is 0 Å². The normalized spacial score (nSPS) is 12.2. The summed E-state index contributed by atoms with van der Waals surface area (Å²) in [6, 6.07) is 13.0. The molecule has 2 aromatic carbocycles. The van der Waals surface area contributed by atoms with Crippen LogP contribution in [0.25, 0.3) is 0 Å². The number of anilines is 1. The maximum atomic E-state index is 13.2. The van der Waals surface area contributed by atoms with Gasteiger partial charge in [-0.1, -0.05) is 24.3 Å². The fourth-order valence-electron chi connectivity index (χ4n) is 2.22. The lowest BCUT2D eigenvalue weighted by molar-refractivity contribution is -0.118. The van der Waals surface area contributed by atoms with Gasteiger partial charge in [-0.2, -0.15) is 0 Å². The molecule has 0 saturated carbocycles. The fourth-order valence-corrected chi connectivity index (χ4v) is 2.22. The van der Waals surface area contributed by atoms with Crippen LogP contribution >= 0.6 is 0 Å². The molecule has 0 aliphatic heterocycles. The number of carbonyl (C=O) groups is 1. The topological polar surface area (TPSA) is 58.6 Å². The highest BCUT2D eigenvalue weighted by Gasteiger charge is 2.14. The Balaban J connectivity index is 1.93. The van der Waals surface area contributed by atoms with Gasteiger partial charge in [-0.3, -0.25) is 4.79 Å². The molecule has 2 aromatic rings. The largest absolute Gasteiger partial charge is 0.388 e. The number of rotatable bonds is 7. The molecule has 1 atom stereocenters. The van der Waals surface area contributed by atoms with Crippen molar-refractivity contribution in [3.05, 3.63) is 65.5 Å². The first-order valence-electron chi connectivity index (χ1n) is 7.88. The van der Waals surface area contributed by atoms with Crippen LogP contribution in [0.2, 0.25) is 0 Å². The minimum Gasteiger partial charge on any atom is -0.388 e. The first kappa shape index (κ1) is 18.1. The molecule has 1 unspecified atom stereocenters. The van der Waals surface area contributed by atoms with Gasteiger partial charge in [0, 0.05) is 5.69 Å². The summed E-state index contributed by atoms with van der Waals surface area (Å²) in [5, 5.41) is 12.8. The second-order valence-electron chi connectivity index (χ2n) is 5.88. The SMILES string of the molecule is CC(C)OCc1cccc(NC(=O)CC(O)c2cccc(F)c2)c1. The Morgan fingerprint density at radius 1 is 1.21 bits per heavy atom. The minimum absolute atomic E-state index is 0.129. The Morgan fingerprint density at radius 3 is 2.67 bits per heavy atom.